The molecule has 1 saturated heterocycles. The Balaban J connectivity index is 2.11. The number of nitrogens with zero attached hydrogens (tertiary/aromatic N) is 1. The van der Waals surface area contributed by atoms with Crippen LogP contribution < -0.4 is 4.74 Å². The van der Waals surface area contributed by atoms with Crippen molar-refractivity contribution in [2.24, 2.45) is 0 Å². The lowest BCUT2D eigenvalue weighted by Crippen LogP contribution is -2.23. The van der Waals surface area contributed by atoms with Crippen LogP contribution in [0.15, 0.2) is 18.2 Å². The topological polar surface area (TPSA) is 12.5 Å². The maximum absolute atomic E-state index is 6.58. The van der Waals surface area contributed by atoms with Crippen molar-refractivity contribution in [1.82, 2.24) is 4.90 Å². The smallest absolute Gasteiger partial charge is 0.124 e. The van der Waals surface area contributed by atoms with Crippen LogP contribution in [-0.2, 0) is 0 Å². The van der Waals surface area contributed by atoms with E-state index in [-0.39, 0.29) is 5.38 Å². The lowest BCUT2D eigenvalue weighted by atomic mass is 10.1. The molecule has 1 atom stereocenters. The number of aryl methyl sites for hydroxylation is 1. The first-order valence-corrected chi connectivity index (χ1v) is 7.24. The third-order valence-corrected chi connectivity index (χ3v) is 3.79. The lowest BCUT2D eigenvalue weighted by molar-refractivity contribution is 0.321. The lowest BCUT2D eigenvalue weighted by Gasteiger charge is -2.21. The monoisotopic (exact) mass is 267 g/mol. The molecule has 1 aliphatic rings. The molecule has 1 heterocycles. The van der Waals surface area contributed by atoms with Gasteiger partial charge in [0.2, 0.25) is 0 Å². The minimum Gasteiger partial charge on any atom is -0.494 e. The highest BCUT2D eigenvalue weighted by atomic mass is 35.5. The Hall–Kier alpha value is -0.730. The Kier molecular flexibility index (Phi) is 4.90. The summed E-state index contributed by atoms with van der Waals surface area (Å²) < 4.78 is 5.67. The summed E-state index contributed by atoms with van der Waals surface area (Å²) in [4.78, 5) is 2.44. The number of halogens is 1. The molecule has 1 unspecified atom stereocenters. The molecule has 3 heteroatoms. The molecule has 2 nitrogen and oxygen atoms in total. The van der Waals surface area contributed by atoms with Crippen molar-refractivity contribution >= 4 is 11.6 Å². The average molecular weight is 268 g/mol. The van der Waals surface area contributed by atoms with Gasteiger partial charge in [0.05, 0.1) is 12.0 Å². The molecular weight excluding hydrogens is 246 g/mol. The Morgan fingerprint density at radius 1 is 1.33 bits per heavy atom. The van der Waals surface area contributed by atoms with Gasteiger partial charge in [-0.25, -0.2) is 0 Å². The summed E-state index contributed by atoms with van der Waals surface area (Å²) in [7, 11) is 0. The van der Waals surface area contributed by atoms with E-state index in [1.165, 1.54) is 31.5 Å². The van der Waals surface area contributed by atoms with Gasteiger partial charge >= 0.3 is 0 Å². The molecule has 1 aromatic carbocycles. The van der Waals surface area contributed by atoms with E-state index < -0.39 is 0 Å². The summed E-state index contributed by atoms with van der Waals surface area (Å²) in [6.07, 6.45) is 2.60. The Bertz CT molecular complexity index is 388. The fourth-order valence-electron chi connectivity index (χ4n) is 2.49. The second kappa shape index (κ2) is 6.44. The minimum atomic E-state index is 0.0181. The van der Waals surface area contributed by atoms with E-state index in [0.29, 0.717) is 6.61 Å². The van der Waals surface area contributed by atoms with Gasteiger partial charge in [0, 0.05) is 12.1 Å². The first-order valence-electron chi connectivity index (χ1n) is 6.80. The van der Waals surface area contributed by atoms with Gasteiger partial charge in [-0.3, -0.25) is 0 Å². The fraction of sp³-hybridized carbons (Fsp3) is 0.600. The maximum Gasteiger partial charge on any atom is 0.124 e. The minimum absolute atomic E-state index is 0.0181. The second-order valence-electron chi connectivity index (χ2n) is 4.95. The Labute approximate surface area is 115 Å². The van der Waals surface area contributed by atoms with Crippen molar-refractivity contribution in [3.8, 4) is 5.75 Å². The number of hydrogen-bond acceptors (Lipinski definition) is 2. The third kappa shape index (κ3) is 3.39. The van der Waals surface area contributed by atoms with Crippen LogP contribution in [0.5, 0.6) is 5.75 Å². The summed E-state index contributed by atoms with van der Waals surface area (Å²) in [5.74, 6) is 0.933. The largest absolute Gasteiger partial charge is 0.494 e. The molecular formula is C15H22ClNO. The Morgan fingerprint density at radius 2 is 2.06 bits per heavy atom. The normalized spacial score (nSPS) is 17.9. The third-order valence-electron chi connectivity index (χ3n) is 3.42. The van der Waals surface area contributed by atoms with Crippen LogP contribution in [0.25, 0.3) is 0 Å². The zero-order valence-corrected chi connectivity index (χ0v) is 12.0. The molecule has 18 heavy (non-hydrogen) atoms. The van der Waals surface area contributed by atoms with Crippen molar-refractivity contribution in [2.75, 3.05) is 26.2 Å². The highest BCUT2D eigenvalue weighted by Crippen LogP contribution is 2.32. The molecule has 0 aromatic heterocycles. The van der Waals surface area contributed by atoms with Crippen LogP contribution in [0.2, 0.25) is 0 Å². The van der Waals surface area contributed by atoms with Crippen LogP contribution in [0.3, 0.4) is 0 Å². The zero-order chi connectivity index (χ0) is 13.0. The summed E-state index contributed by atoms with van der Waals surface area (Å²) >= 11 is 6.58. The maximum atomic E-state index is 6.58. The molecule has 0 aliphatic carbocycles. The fourth-order valence-corrected chi connectivity index (χ4v) is 2.86. The summed E-state index contributed by atoms with van der Waals surface area (Å²) in [5.41, 5.74) is 2.37. The van der Waals surface area contributed by atoms with Crippen LogP contribution in [-0.4, -0.2) is 31.1 Å². The van der Waals surface area contributed by atoms with E-state index in [1.54, 1.807) is 0 Å². The van der Waals surface area contributed by atoms with Gasteiger partial charge in [-0.05, 0) is 45.8 Å². The molecule has 0 amide bonds. The number of alkyl halides is 1. The van der Waals surface area contributed by atoms with Crippen LogP contribution in [0.1, 0.15) is 36.3 Å². The molecule has 2 rings (SSSR count). The highest BCUT2D eigenvalue weighted by molar-refractivity contribution is 6.21. The standard InChI is InChI=1S/C15H22ClNO/c1-3-18-15-7-6-12(2)10-13(15)14(16)11-17-8-4-5-9-17/h6-7,10,14H,3-5,8-9,11H2,1-2H3. The van der Waals surface area contributed by atoms with E-state index >= 15 is 0 Å². The van der Waals surface area contributed by atoms with Crippen LogP contribution in [0, 0.1) is 6.92 Å². The van der Waals surface area contributed by atoms with Crippen molar-refractivity contribution in [1.29, 1.82) is 0 Å². The number of rotatable bonds is 5. The SMILES string of the molecule is CCOc1ccc(C)cc1C(Cl)CN1CCCC1. The number of likely N-dealkylation sites (tertiary alicyclic amines) is 1. The predicted molar refractivity (Wildman–Crippen MR) is 76.6 cm³/mol. The predicted octanol–water partition coefficient (Wildman–Crippen LogP) is 3.77. The van der Waals surface area contributed by atoms with E-state index in [1.807, 2.05) is 13.0 Å². The summed E-state index contributed by atoms with van der Waals surface area (Å²) in [5, 5.41) is 0.0181. The summed E-state index contributed by atoms with van der Waals surface area (Å²) in [6, 6.07) is 6.26. The van der Waals surface area contributed by atoms with Gasteiger partial charge in [0.1, 0.15) is 5.75 Å². The molecule has 1 aliphatic heterocycles. The van der Waals surface area contributed by atoms with Crippen molar-refractivity contribution in [3.63, 3.8) is 0 Å². The zero-order valence-electron chi connectivity index (χ0n) is 11.3. The summed E-state index contributed by atoms with van der Waals surface area (Å²) in [6.45, 7) is 8.07. The van der Waals surface area contributed by atoms with E-state index in [2.05, 4.69) is 24.0 Å². The van der Waals surface area contributed by atoms with Gasteiger partial charge in [-0.2, -0.15) is 0 Å². The quantitative estimate of drug-likeness (QED) is 0.753. The van der Waals surface area contributed by atoms with Gasteiger partial charge in [-0.1, -0.05) is 17.7 Å². The number of ether oxygens (including phenoxy) is 1. The molecule has 0 bridgehead atoms. The number of hydrogen-bond donors (Lipinski definition) is 0. The molecule has 0 spiro atoms. The van der Waals surface area contributed by atoms with Gasteiger partial charge in [0.25, 0.3) is 0 Å². The molecule has 1 aromatic rings. The molecule has 0 radical (unpaired) electrons. The average Bonchev–Trinajstić information content (AvgIpc) is 2.84. The van der Waals surface area contributed by atoms with Gasteiger partial charge in [0.15, 0.2) is 0 Å². The second-order valence-corrected chi connectivity index (χ2v) is 5.48. The van der Waals surface area contributed by atoms with Crippen molar-refractivity contribution in [3.05, 3.63) is 29.3 Å². The van der Waals surface area contributed by atoms with Crippen LogP contribution in [0.4, 0.5) is 0 Å². The molecule has 1 fully saturated rings. The first kappa shape index (κ1) is 13.7. The van der Waals surface area contributed by atoms with Crippen molar-refractivity contribution < 1.29 is 4.74 Å². The Morgan fingerprint density at radius 3 is 2.72 bits per heavy atom. The molecule has 100 valence electrons. The molecule has 0 saturated carbocycles. The highest BCUT2D eigenvalue weighted by Gasteiger charge is 2.19. The van der Waals surface area contributed by atoms with Crippen molar-refractivity contribution in [2.45, 2.75) is 32.1 Å². The number of benzene rings is 1. The first-order chi connectivity index (χ1) is 8.70. The molecule has 0 N–H and O–H groups in total. The van der Waals surface area contributed by atoms with E-state index in [0.717, 1.165) is 17.9 Å². The van der Waals surface area contributed by atoms with Crippen LogP contribution >= 0.6 is 11.6 Å². The van der Waals surface area contributed by atoms with Gasteiger partial charge in [-0.15, -0.1) is 11.6 Å². The van der Waals surface area contributed by atoms with Gasteiger partial charge < -0.3 is 9.64 Å². The van der Waals surface area contributed by atoms with E-state index in [9.17, 15) is 0 Å². The van der Waals surface area contributed by atoms with E-state index in [4.69, 9.17) is 16.3 Å².